The molecular formula is C28H35N7O2. The SMILES string of the molecule is C=C(c1ccc(Nc2nc3c(C4=CCN(C(=O)OCC)CC4)cccn3n2)cc1)N1CC[C@H](N(C)C)C1. The second-order valence-corrected chi connectivity index (χ2v) is 9.75. The minimum absolute atomic E-state index is 0.266. The van der Waals surface area contributed by atoms with Crippen molar-refractivity contribution in [1.82, 2.24) is 29.3 Å². The van der Waals surface area contributed by atoms with Gasteiger partial charge < -0.3 is 24.8 Å². The summed E-state index contributed by atoms with van der Waals surface area (Å²) in [6.07, 6.45) is 5.61. The number of rotatable bonds is 7. The van der Waals surface area contributed by atoms with Crippen LogP contribution in [0, 0.1) is 0 Å². The first kappa shape index (κ1) is 24.8. The first-order valence-electron chi connectivity index (χ1n) is 12.9. The number of benzene rings is 1. The molecular weight excluding hydrogens is 466 g/mol. The van der Waals surface area contributed by atoms with Crippen molar-refractivity contribution in [1.29, 1.82) is 0 Å². The number of amides is 1. The van der Waals surface area contributed by atoms with E-state index in [2.05, 4.69) is 65.2 Å². The summed E-state index contributed by atoms with van der Waals surface area (Å²) in [5.74, 6) is 0.539. The van der Waals surface area contributed by atoms with Gasteiger partial charge in [0, 0.05) is 55.4 Å². The van der Waals surface area contributed by atoms with Gasteiger partial charge in [-0.1, -0.05) is 24.8 Å². The van der Waals surface area contributed by atoms with Crippen molar-refractivity contribution in [3.63, 3.8) is 0 Å². The second-order valence-electron chi connectivity index (χ2n) is 9.75. The van der Waals surface area contributed by atoms with Gasteiger partial charge in [0.15, 0.2) is 5.65 Å². The van der Waals surface area contributed by atoms with E-state index in [0.717, 1.165) is 59.7 Å². The van der Waals surface area contributed by atoms with Gasteiger partial charge in [-0.25, -0.2) is 9.31 Å². The summed E-state index contributed by atoms with van der Waals surface area (Å²) >= 11 is 0. The summed E-state index contributed by atoms with van der Waals surface area (Å²) in [4.78, 5) is 23.2. The maximum Gasteiger partial charge on any atom is 0.410 e. The number of carbonyl (C=O) groups excluding carboxylic acids is 1. The molecule has 37 heavy (non-hydrogen) atoms. The van der Waals surface area contributed by atoms with E-state index in [1.54, 1.807) is 9.42 Å². The Morgan fingerprint density at radius 1 is 1.19 bits per heavy atom. The Morgan fingerprint density at radius 3 is 2.68 bits per heavy atom. The van der Waals surface area contributed by atoms with E-state index in [1.807, 2.05) is 31.3 Å². The Labute approximate surface area is 218 Å². The lowest BCUT2D eigenvalue weighted by molar-refractivity contribution is 0.111. The Kier molecular flexibility index (Phi) is 7.14. The molecule has 0 unspecified atom stereocenters. The van der Waals surface area contributed by atoms with Gasteiger partial charge in [-0.05, 0) is 69.3 Å². The highest BCUT2D eigenvalue weighted by Gasteiger charge is 2.25. The molecule has 9 heteroatoms. The largest absolute Gasteiger partial charge is 0.450 e. The molecule has 0 radical (unpaired) electrons. The van der Waals surface area contributed by atoms with E-state index >= 15 is 0 Å². The number of ether oxygens (including phenoxy) is 1. The van der Waals surface area contributed by atoms with E-state index in [4.69, 9.17) is 9.72 Å². The lowest BCUT2D eigenvalue weighted by atomic mass is 10.0. The van der Waals surface area contributed by atoms with Gasteiger partial charge in [-0.2, -0.15) is 4.98 Å². The average molecular weight is 502 g/mol. The molecule has 1 aromatic carbocycles. The van der Waals surface area contributed by atoms with Crippen LogP contribution in [0.2, 0.25) is 0 Å². The third kappa shape index (κ3) is 5.32. The van der Waals surface area contributed by atoms with Crippen molar-refractivity contribution in [2.45, 2.75) is 25.8 Å². The van der Waals surface area contributed by atoms with Crippen LogP contribution in [-0.2, 0) is 4.74 Å². The monoisotopic (exact) mass is 501 g/mol. The van der Waals surface area contributed by atoms with Crippen molar-refractivity contribution < 1.29 is 9.53 Å². The van der Waals surface area contributed by atoms with Gasteiger partial charge >= 0.3 is 6.09 Å². The second kappa shape index (κ2) is 10.6. The van der Waals surface area contributed by atoms with Crippen molar-refractivity contribution in [2.24, 2.45) is 0 Å². The fraction of sp³-hybridized carbons (Fsp3) is 0.393. The fourth-order valence-electron chi connectivity index (χ4n) is 4.97. The van der Waals surface area contributed by atoms with E-state index in [9.17, 15) is 4.79 Å². The molecule has 0 aliphatic carbocycles. The van der Waals surface area contributed by atoms with Crippen molar-refractivity contribution in [3.8, 4) is 0 Å². The van der Waals surface area contributed by atoms with Crippen LogP contribution >= 0.6 is 0 Å². The van der Waals surface area contributed by atoms with Crippen molar-refractivity contribution in [2.75, 3.05) is 52.2 Å². The Hall–Kier alpha value is -3.85. The molecule has 2 aliphatic rings. The molecule has 0 saturated carbocycles. The maximum absolute atomic E-state index is 12.0. The van der Waals surface area contributed by atoms with E-state index < -0.39 is 0 Å². The number of carbonyl (C=O) groups is 1. The highest BCUT2D eigenvalue weighted by molar-refractivity contribution is 5.79. The molecule has 2 aliphatic heterocycles. The van der Waals surface area contributed by atoms with Crippen LogP contribution in [0.15, 0.2) is 55.3 Å². The van der Waals surface area contributed by atoms with Crippen molar-refractivity contribution in [3.05, 3.63) is 66.4 Å². The molecule has 0 spiro atoms. The highest BCUT2D eigenvalue weighted by Crippen LogP contribution is 2.28. The Balaban J connectivity index is 1.27. The quantitative estimate of drug-likeness (QED) is 0.516. The van der Waals surface area contributed by atoms with Gasteiger partial charge in [0.2, 0.25) is 5.95 Å². The van der Waals surface area contributed by atoms with Crippen LogP contribution in [0.3, 0.4) is 0 Å². The van der Waals surface area contributed by atoms with Gasteiger partial charge in [-0.3, -0.25) is 0 Å². The van der Waals surface area contributed by atoms with E-state index in [1.165, 1.54) is 0 Å². The number of fused-ring (bicyclic) bond motifs is 1. The number of pyridine rings is 1. The summed E-state index contributed by atoms with van der Waals surface area (Å²) in [5.41, 5.74) is 6.08. The Bertz CT molecular complexity index is 1310. The molecule has 3 aromatic rings. The van der Waals surface area contributed by atoms with E-state index in [0.29, 0.717) is 31.7 Å². The highest BCUT2D eigenvalue weighted by atomic mass is 16.6. The summed E-state index contributed by atoms with van der Waals surface area (Å²) in [5, 5.41) is 7.96. The first-order chi connectivity index (χ1) is 17.9. The number of likely N-dealkylation sites (N-methyl/N-ethyl adjacent to an activating group) is 1. The van der Waals surface area contributed by atoms with Crippen LogP contribution in [0.25, 0.3) is 16.9 Å². The minimum atomic E-state index is -0.266. The first-order valence-corrected chi connectivity index (χ1v) is 12.9. The molecule has 9 nitrogen and oxygen atoms in total. The molecule has 1 fully saturated rings. The third-order valence-corrected chi connectivity index (χ3v) is 7.19. The molecule has 2 aromatic heterocycles. The summed E-state index contributed by atoms with van der Waals surface area (Å²) < 4.78 is 6.92. The molecule has 1 amide bonds. The zero-order chi connectivity index (χ0) is 25.9. The summed E-state index contributed by atoms with van der Waals surface area (Å²) in [7, 11) is 4.28. The lowest BCUT2D eigenvalue weighted by Gasteiger charge is -2.25. The zero-order valence-corrected chi connectivity index (χ0v) is 21.9. The third-order valence-electron chi connectivity index (χ3n) is 7.19. The number of nitrogens with one attached hydrogen (secondary N) is 1. The summed E-state index contributed by atoms with van der Waals surface area (Å²) in [6, 6.07) is 12.9. The smallest absolute Gasteiger partial charge is 0.410 e. The maximum atomic E-state index is 12.0. The van der Waals surface area contributed by atoms with Gasteiger partial charge in [0.1, 0.15) is 0 Å². The molecule has 5 rings (SSSR count). The van der Waals surface area contributed by atoms with Gasteiger partial charge in [0.05, 0.1) is 6.61 Å². The van der Waals surface area contributed by atoms with Crippen LogP contribution in [-0.4, -0.2) is 88.3 Å². The summed E-state index contributed by atoms with van der Waals surface area (Å²) in [6.45, 7) is 9.74. The number of hydrogen-bond donors (Lipinski definition) is 1. The minimum Gasteiger partial charge on any atom is -0.450 e. The van der Waals surface area contributed by atoms with Gasteiger partial charge in [0.25, 0.3) is 0 Å². The molecule has 194 valence electrons. The number of anilines is 2. The van der Waals surface area contributed by atoms with Crippen molar-refractivity contribution >= 4 is 34.6 Å². The zero-order valence-electron chi connectivity index (χ0n) is 21.9. The normalized spacial score (nSPS) is 17.8. The lowest BCUT2D eigenvalue weighted by Crippen LogP contribution is -2.35. The number of hydrogen-bond acceptors (Lipinski definition) is 7. The Morgan fingerprint density at radius 2 is 2.00 bits per heavy atom. The molecule has 1 N–H and O–H groups in total. The predicted molar refractivity (Wildman–Crippen MR) is 147 cm³/mol. The molecule has 0 bridgehead atoms. The van der Waals surface area contributed by atoms with E-state index in [-0.39, 0.29) is 6.09 Å². The molecule has 4 heterocycles. The average Bonchev–Trinajstić information content (AvgIpc) is 3.56. The van der Waals surface area contributed by atoms with Crippen LogP contribution in [0.5, 0.6) is 0 Å². The number of likely N-dealkylation sites (tertiary alicyclic amines) is 1. The standard InChI is InChI=1S/C28H35N7O2/c1-5-37-28(36)33-16-12-22(13-17-33)25-7-6-15-35-26(25)30-27(31-35)29-23-10-8-21(9-11-23)20(2)34-18-14-24(19-34)32(3)4/h6-12,15,24H,2,5,13-14,16-19H2,1,3-4H3,(H,29,31)/t24-/m0/s1. The number of aromatic nitrogens is 3. The van der Waals surface area contributed by atoms with Crippen LogP contribution in [0.1, 0.15) is 30.9 Å². The van der Waals surface area contributed by atoms with Crippen LogP contribution < -0.4 is 5.32 Å². The predicted octanol–water partition coefficient (Wildman–Crippen LogP) is 4.33. The van der Waals surface area contributed by atoms with Crippen LogP contribution in [0.4, 0.5) is 16.4 Å². The number of nitrogens with zero attached hydrogens (tertiary/aromatic N) is 6. The molecule has 1 saturated heterocycles. The van der Waals surface area contributed by atoms with Gasteiger partial charge in [-0.15, -0.1) is 5.10 Å². The topological polar surface area (TPSA) is 78.2 Å². The fourth-order valence-corrected chi connectivity index (χ4v) is 4.97. The molecule has 1 atom stereocenters.